The minimum atomic E-state index is -0.472. The van der Waals surface area contributed by atoms with Crippen LogP contribution < -0.4 is 14.8 Å². The first-order valence-electron chi connectivity index (χ1n) is 9.08. The van der Waals surface area contributed by atoms with Gasteiger partial charge in [-0.15, -0.1) is 0 Å². The lowest BCUT2D eigenvalue weighted by Gasteiger charge is -2.16. The highest BCUT2D eigenvalue weighted by Crippen LogP contribution is 2.44. The highest BCUT2D eigenvalue weighted by molar-refractivity contribution is 6.38. The molecule has 3 aromatic rings. The molecule has 0 spiro atoms. The molecule has 0 aliphatic heterocycles. The number of anilines is 1. The molecule has 3 rings (SSSR count). The van der Waals surface area contributed by atoms with Gasteiger partial charge in [0.1, 0.15) is 11.5 Å². The number of rotatable bonds is 5. The maximum absolute atomic E-state index is 11.6. The minimum Gasteiger partial charge on any atom is -0.454 e. The van der Waals surface area contributed by atoms with Gasteiger partial charge in [0, 0.05) is 36.7 Å². The van der Waals surface area contributed by atoms with E-state index in [0.717, 1.165) is 11.1 Å². The lowest BCUT2D eigenvalue weighted by Crippen LogP contribution is -2.07. The minimum absolute atomic E-state index is 0.177. The molecule has 0 fully saturated rings. The summed E-state index contributed by atoms with van der Waals surface area (Å²) in [5.41, 5.74) is 2.87. The number of carbonyl (C=O) groups is 2. The summed E-state index contributed by atoms with van der Waals surface area (Å²) in [7, 11) is 0. The summed E-state index contributed by atoms with van der Waals surface area (Å²) < 4.78 is 11.1. The molecular formula is C23H19Cl2NO4. The molecule has 5 nitrogen and oxygen atoms in total. The van der Waals surface area contributed by atoms with E-state index in [1.165, 1.54) is 19.9 Å². The lowest BCUT2D eigenvalue weighted by atomic mass is 10.0. The Hall–Kier alpha value is -3.02. The van der Waals surface area contributed by atoms with Crippen molar-refractivity contribution >= 4 is 40.8 Å². The third-order valence-corrected chi connectivity index (χ3v) is 4.97. The number of ether oxygens (including phenoxy) is 2. The highest BCUT2D eigenvalue weighted by atomic mass is 35.5. The second-order valence-corrected chi connectivity index (χ2v) is 7.36. The molecule has 0 heterocycles. The molecule has 0 atom stereocenters. The number of hydrogen-bond acceptors (Lipinski definition) is 4. The summed E-state index contributed by atoms with van der Waals surface area (Å²) in [5.74, 6) is 0.351. The van der Waals surface area contributed by atoms with Gasteiger partial charge in [-0.25, -0.2) is 0 Å². The van der Waals surface area contributed by atoms with Gasteiger partial charge in [-0.2, -0.15) is 0 Å². The van der Waals surface area contributed by atoms with Gasteiger partial charge in [0.15, 0.2) is 5.75 Å². The van der Waals surface area contributed by atoms with Crippen LogP contribution in [0.25, 0.3) is 11.1 Å². The molecule has 154 valence electrons. The Morgan fingerprint density at radius 1 is 0.967 bits per heavy atom. The lowest BCUT2D eigenvalue weighted by molar-refractivity contribution is -0.131. The summed E-state index contributed by atoms with van der Waals surface area (Å²) in [6.07, 6.45) is 0. The summed E-state index contributed by atoms with van der Waals surface area (Å²) in [4.78, 5) is 22.9. The Morgan fingerprint density at radius 2 is 1.67 bits per heavy atom. The standard InChI is InChI=1S/C23H19Cl2NO4/c1-13-21(29-15(3)28)12-19(24)23(22(13)25)30-17-9-10-20(26-14(2)27)18(11-17)16-7-5-4-6-8-16/h4-12H,1-3H3,(H,26,27). The molecular weight excluding hydrogens is 425 g/mol. The van der Waals surface area contributed by atoms with Crippen LogP contribution in [0.4, 0.5) is 5.69 Å². The van der Waals surface area contributed by atoms with Crippen molar-refractivity contribution < 1.29 is 19.1 Å². The van der Waals surface area contributed by atoms with Crippen LogP contribution in [-0.4, -0.2) is 11.9 Å². The number of nitrogens with one attached hydrogen (secondary N) is 1. The van der Waals surface area contributed by atoms with E-state index in [1.807, 2.05) is 30.3 Å². The SMILES string of the molecule is CC(=O)Nc1ccc(Oc2c(Cl)cc(OC(C)=O)c(C)c2Cl)cc1-c1ccccc1. The fourth-order valence-corrected chi connectivity index (χ4v) is 3.40. The number of esters is 1. The third-order valence-electron chi connectivity index (χ3n) is 4.23. The highest BCUT2D eigenvalue weighted by Gasteiger charge is 2.18. The van der Waals surface area contributed by atoms with Gasteiger partial charge < -0.3 is 14.8 Å². The van der Waals surface area contributed by atoms with Crippen LogP contribution in [0, 0.1) is 6.92 Å². The molecule has 1 amide bonds. The van der Waals surface area contributed by atoms with Crippen molar-refractivity contribution in [3.8, 4) is 28.4 Å². The topological polar surface area (TPSA) is 64.6 Å². The van der Waals surface area contributed by atoms with Crippen molar-refractivity contribution in [3.63, 3.8) is 0 Å². The molecule has 30 heavy (non-hydrogen) atoms. The van der Waals surface area contributed by atoms with Gasteiger partial charge in [-0.3, -0.25) is 9.59 Å². The summed E-state index contributed by atoms with van der Waals surface area (Å²) in [6.45, 7) is 4.46. The fraction of sp³-hybridized carbons (Fsp3) is 0.130. The summed E-state index contributed by atoms with van der Waals surface area (Å²) in [6, 6.07) is 16.3. The summed E-state index contributed by atoms with van der Waals surface area (Å²) in [5, 5.41) is 3.27. The van der Waals surface area contributed by atoms with Crippen LogP contribution >= 0.6 is 23.2 Å². The molecule has 0 bridgehead atoms. The van der Waals surface area contributed by atoms with E-state index in [4.69, 9.17) is 32.7 Å². The second kappa shape index (κ2) is 9.20. The van der Waals surface area contributed by atoms with Gasteiger partial charge in [0.2, 0.25) is 5.91 Å². The van der Waals surface area contributed by atoms with E-state index in [1.54, 1.807) is 25.1 Å². The number of benzene rings is 3. The molecule has 0 saturated heterocycles. The van der Waals surface area contributed by atoms with Crippen LogP contribution in [0.1, 0.15) is 19.4 Å². The maximum atomic E-state index is 11.6. The van der Waals surface area contributed by atoms with E-state index >= 15 is 0 Å². The van der Waals surface area contributed by atoms with Crippen LogP contribution in [-0.2, 0) is 9.59 Å². The molecule has 0 aliphatic carbocycles. The zero-order chi connectivity index (χ0) is 21.8. The van der Waals surface area contributed by atoms with Crippen LogP contribution in [0.15, 0.2) is 54.6 Å². The van der Waals surface area contributed by atoms with E-state index < -0.39 is 5.97 Å². The average molecular weight is 444 g/mol. The number of carbonyl (C=O) groups excluding carboxylic acids is 2. The first kappa shape index (κ1) is 21.7. The zero-order valence-electron chi connectivity index (χ0n) is 16.6. The van der Waals surface area contributed by atoms with Gasteiger partial charge in [-0.1, -0.05) is 53.5 Å². The Balaban J connectivity index is 2.02. The molecule has 0 radical (unpaired) electrons. The molecule has 0 aliphatic rings. The van der Waals surface area contributed by atoms with Gasteiger partial charge in [0.05, 0.1) is 10.0 Å². The van der Waals surface area contributed by atoms with Crippen molar-refractivity contribution in [2.24, 2.45) is 0 Å². The smallest absolute Gasteiger partial charge is 0.308 e. The van der Waals surface area contributed by atoms with Crippen molar-refractivity contribution in [2.45, 2.75) is 20.8 Å². The predicted octanol–water partition coefficient (Wildman–Crippen LogP) is 6.64. The van der Waals surface area contributed by atoms with E-state index in [9.17, 15) is 9.59 Å². The van der Waals surface area contributed by atoms with Gasteiger partial charge in [-0.05, 0) is 30.7 Å². The average Bonchev–Trinajstić information content (AvgIpc) is 2.70. The summed E-state index contributed by atoms with van der Waals surface area (Å²) >= 11 is 12.8. The van der Waals surface area contributed by atoms with Crippen molar-refractivity contribution in [1.82, 2.24) is 0 Å². The number of hydrogen-bond donors (Lipinski definition) is 1. The Morgan fingerprint density at radius 3 is 2.30 bits per heavy atom. The molecule has 7 heteroatoms. The zero-order valence-corrected chi connectivity index (χ0v) is 18.1. The normalized spacial score (nSPS) is 10.4. The fourth-order valence-electron chi connectivity index (χ4n) is 2.89. The third kappa shape index (κ3) is 4.93. The Kier molecular flexibility index (Phi) is 6.65. The van der Waals surface area contributed by atoms with Crippen molar-refractivity contribution in [1.29, 1.82) is 0 Å². The Bertz CT molecular complexity index is 1110. The van der Waals surface area contributed by atoms with Crippen LogP contribution in [0.3, 0.4) is 0 Å². The van der Waals surface area contributed by atoms with Crippen LogP contribution in [0.5, 0.6) is 17.2 Å². The molecule has 3 aromatic carbocycles. The molecule has 1 N–H and O–H groups in total. The Labute approximate surface area is 184 Å². The first-order valence-corrected chi connectivity index (χ1v) is 9.83. The van der Waals surface area contributed by atoms with Gasteiger partial charge >= 0.3 is 5.97 Å². The van der Waals surface area contributed by atoms with E-state index in [2.05, 4.69) is 5.32 Å². The largest absolute Gasteiger partial charge is 0.454 e. The first-order chi connectivity index (χ1) is 14.3. The predicted molar refractivity (Wildman–Crippen MR) is 119 cm³/mol. The quantitative estimate of drug-likeness (QED) is 0.354. The molecule has 0 unspecified atom stereocenters. The molecule has 0 aromatic heterocycles. The van der Waals surface area contributed by atoms with Crippen LogP contribution in [0.2, 0.25) is 10.0 Å². The molecule has 0 saturated carbocycles. The monoisotopic (exact) mass is 443 g/mol. The van der Waals surface area contributed by atoms with Crippen molar-refractivity contribution in [2.75, 3.05) is 5.32 Å². The van der Waals surface area contributed by atoms with Gasteiger partial charge in [0.25, 0.3) is 0 Å². The number of halogens is 2. The van der Waals surface area contributed by atoms with E-state index in [0.29, 0.717) is 17.0 Å². The van der Waals surface area contributed by atoms with E-state index in [-0.39, 0.29) is 27.5 Å². The maximum Gasteiger partial charge on any atom is 0.308 e. The number of amides is 1. The second-order valence-electron chi connectivity index (χ2n) is 6.57. The van der Waals surface area contributed by atoms with Crippen molar-refractivity contribution in [3.05, 3.63) is 70.2 Å².